The molecule has 3 aromatic rings. The number of rotatable bonds is 4. The van der Waals surface area contributed by atoms with Gasteiger partial charge in [0.25, 0.3) is 17.7 Å². The molecule has 6 heteroatoms. The van der Waals surface area contributed by atoms with Gasteiger partial charge in [0.15, 0.2) is 0 Å². The highest BCUT2D eigenvalue weighted by atomic mass is 16.2. The number of hydrogen-bond acceptors (Lipinski definition) is 4. The first kappa shape index (κ1) is 20.8. The Morgan fingerprint density at radius 2 is 1.24 bits per heavy atom. The van der Waals surface area contributed by atoms with E-state index in [0.717, 1.165) is 16.0 Å². The van der Waals surface area contributed by atoms with E-state index in [2.05, 4.69) is 0 Å². The van der Waals surface area contributed by atoms with Crippen molar-refractivity contribution < 1.29 is 19.2 Å². The van der Waals surface area contributed by atoms with E-state index in [9.17, 15) is 19.2 Å². The Balaban J connectivity index is 1.52. The van der Waals surface area contributed by atoms with E-state index in [1.54, 1.807) is 24.3 Å². The van der Waals surface area contributed by atoms with E-state index in [0.29, 0.717) is 0 Å². The molecule has 0 unspecified atom stereocenters. The van der Waals surface area contributed by atoms with Crippen molar-refractivity contribution in [3.8, 4) is 0 Å². The van der Waals surface area contributed by atoms with Gasteiger partial charge in [0.1, 0.15) is 6.04 Å². The summed E-state index contributed by atoms with van der Waals surface area (Å²) in [6.45, 7) is 1.51. The molecule has 1 fully saturated rings. The number of carbonyl (C=O) groups excluding carboxylic acids is 4. The van der Waals surface area contributed by atoms with Crippen LogP contribution in [0, 0.1) is 0 Å². The Bertz CT molecular complexity index is 1220. The molecule has 0 bridgehead atoms. The topological polar surface area (TPSA) is 74.8 Å². The third-order valence-corrected chi connectivity index (χ3v) is 6.50. The second-order valence-electron chi connectivity index (χ2n) is 8.38. The molecule has 0 spiro atoms. The van der Waals surface area contributed by atoms with Gasteiger partial charge in [-0.1, -0.05) is 72.8 Å². The van der Waals surface area contributed by atoms with Crippen molar-refractivity contribution in [2.24, 2.45) is 0 Å². The first-order valence-corrected chi connectivity index (χ1v) is 10.9. The number of imide groups is 2. The SMILES string of the molecule is C[C@@H](C(=O)N1C(=O)C[C@@H](c2ccccc2)[C@@H]1c1ccccc1)N1C(=O)c2ccccc2C1=O. The number of amides is 4. The standard InChI is InChI=1S/C27H22N2O4/c1-17(28-26(32)20-14-8-9-15-21(20)27(28)33)25(31)29-23(30)16-22(18-10-4-2-5-11-18)24(29)19-12-6-3-7-13-19/h2-15,17,22,24H,16H2,1H3/t17-,22-,24-/m0/s1. The third-order valence-electron chi connectivity index (χ3n) is 6.50. The van der Waals surface area contributed by atoms with Crippen LogP contribution in [0.25, 0.3) is 0 Å². The summed E-state index contributed by atoms with van der Waals surface area (Å²) in [5.41, 5.74) is 2.34. The Hall–Kier alpha value is -4.06. The maximum atomic E-state index is 13.7. The quantitative estimate of drug-likeness (QED) is 0.578. The smallest absolute Gasteiger partial charge is 0.262 e. The van der Waals surface area contributed by atoms with Crippen LogP contribution in [0.3, 0.4) is 0 Å². The predicted octanol–water partition coefficient (Wildman–Crippen LogP) is 3.96. The zero-order chi connectivity index (χ0) is 23.1. The molecule has 0 N–H and O–H groups in total. The Labute approximate surface area is 191 Å². The lowest BCUT2D eigenvalue weighted by Gasteiger charge is -2.31. The van der Waals surface area contributed by atoms with Crippen LogP contribution in [-0.2, 0) is 9.59 Å². The van der Waals surface area contributed by atoms with Gasteiger partial charge >= 0.3 is 0 Å². The van der Waals surface area contributed by atoms with E-state index in [4.69, 9.17) is 0 Å². The first-order valence-electron chi connectivity index (χ1n) is 10.9. The van der Waals surface area contributed by atoms with Gasteiger partial charge in [0.2, 0.25) is 5.91 Å². The van der Waals surface area contributed by atoms with Crippen molar-refractivity contribution in [1.29, 1.82) is 0 Å². The van der Waals surface area contributed by atoms with E-state index < -0.39 is 29.8 Å². The summed E-state index contributed by atoms with van der Waals surface area (Å²) >= 11 is 0. The summed E-state index contributed by atoms with van der Waals surface area (Å²) in [6, 6.07) is 23.9. The average Bonchev–Trinajstić information content (AvgIpc) is 3.33. The third kappa shape index (κ3) is 3.35. The Morgan fingerprint density at radius 3 is 1.79 bits per heavy atom. The molecule has 164 valence electrons. The Kier molecular flexibility index (Phi) is 5.13. The van der Waals surface area contributed by atoms with Gasteiger partial charge < -0.3 is 0 Å². The maximum Gasteiger partial charge on any atom is 0.262 e. The van der Waals surface area contributed by atoms with Crippen molar-refractivity contribution in [2.75, 3.05) is 0 Å². The van der Waals surface area contributed by atoms with Gasteiger partial charge in [0.05, 0.1) is 17.2 Å². The van der Waals surface area contributed by atoms with Crippen LogP contribution >= 0.6 is 0 Å². The van der Waals surface area contributed by atoms with Crippen molar-refractivity contribution in [3.05, 3.63) is 107 Å². The van der Waals surface area contributed by atoms with E-state index in [-0.39, 0.29) is 29.4 Å². The lowest BCUT2D eigenvalue weighted by atomic mass is 9.87. The Morgan fingerprint density at radius 1 is 0.758 bits per heavy atom. The molecule has 0 aliphatic carbocycles. The summed E-state index contributed by atoms with van der Waals surface area (Å²) in [6.07, 6.45) is 0.171. The molecule has 3 aromatic carbocycles. The second-order valence-corrected chi connectivity index (χ2v) is 8.38. The molecular weight excluding hydrogens is 416 g/mol. The van der Waals surface area contributed by atoms with Gasteiger partial charge in [-0.15, -0.1) is 0 Å². The number of benzene rings is 3. The van der Waals surface area contributed by atoms with Crippen LogP contribution in [0.2, 0.25) is 0 Å². The fourth-order valence-electron chi connectivity index (χ4n) is 4.90. The molecule has 5 rings (SSSR count). The lowest BCUT2D eigenvalue weighted by Crippen LogP contribution is -2.50. The molecule has 0 radical (unpaired) electrons. The molecule has 0 saturated carbocycles. The zero-order valence-electron chi connectivity index (χ0n) is 18.0. The fourth-order valence-corrected chi connectivity index (χ4v) is 4.90. The molecule has 3 atom stereocenters. The summed E-state index contributed by atoms with van der Waals surface area (Å²) in [5, 5.41) is 0. The molecule has 2 heterocycles. The van der Waals surface area contributed by atoms with Crippen molar-refractivity contribution in [2.45, 2.75) is 31.3 Å². The highest BCUT2D eigenvalue weighted by molar-refractivity contribution is 6.23. The molecule has 33 heavy (non-hydrogen) atoms. The van der Waals surface area contributed by atoms with Crippen LogP contribution in [-0.4, -0.2) is 39.5 Å². The van der Waals surface area contributed by atoms with E-state index in [1.807, 2.05) is 60.7 Å². The molecule has 4 amide bonds. The minimum Gasteiger partial charge on any atom is -0.274 e. The fraction of sp³-hybridized carbons (Fsp3) is 0.185. The van der Waals surface area contributed by atoms with Crippen molar-refractivity contribution in [3.63, 3.8) is 0 Å². The summed E-state index contributed by atoms with van der Waals surface area (Å²) in [4.78, 5) is 55.0. The summed E-state index contributed by atoms with van der Waals surface area (Å²) < 4.78 is 0. The summed E-state index contributed by atoms with van der Waals surface area (Å²) in [7, 11) is 0. The lowest BCUT2D eigenvalue weighted by molar-refractivity contribution is -0.146. The average molecular weight is 438 g/mol. The van der Waals surface area contributed by atoms with Crippen LogP contribution < -0.4 is 0 Å². The molecular formula is C27H22N2O4. The largest absolute Gasteiger partial charge is 0.274 e. The molecule has 1 saturated heterocycles. The van der Waals surface area contributed by atoms with Crippen LogP contribution in [0.4, 0.5) is 0 Å². The minimum atomic E-state index is -1.11. The molecule has 0 aromatic heterocycles. The summed E-state index contributed by atoms with van der Waals surface area (Å²) in [5.74, 6) is -2.12. The number of hydrogen-bond donors (Lipinski definition) is 0. The predicted molar refractivity (Wildman–Crippen MR) is 121 cm³/mol. The van der Waals surface area contributed by atoms with Gasteiger partial charge in [-0.25, -0.2) is 0 Å². The number of carbonyl (C=O) groups is 4. The van der Waals surface area contributed by atoms with Gasteiger partial charge in [-0.2, -0.15) is 0 Å². The maximum absolute atomic E-state index is 13.7. The van der Waals surface area contributed by atoms with Crippen LogP contribution in [0.1, 0.15) is 57.1 Å². The highest BCUT2D eigenvalue weighted by Crippen LogP contribution is 2.45. The molecule has 2 aliphatic heterocycles. The van der Waals surface area contributed by atoms with Gasteiger partial charge in [0, 0.05) is 12.3 Å². The normalized spacial score (nSPS) is 20.8. The molecule has 2 aliphatic rings. The highest BCUT2D eigenvalue weighted by Gasteiger charge is 2.49. The van der Waals surface area contributed by atoms with E-state index in [1.165, 1.54) is 11.8 Å². The zero-order valence-corrected chi connectivity index (χ0v) is 18.0. The van der Waals surface area contributed by atoms with Crippen molar-refractivity contribution in [1.82, 2.24) is 9.80 Å². The van der Waals surface area contributed by atoms with E-state index >= 15 is 0 Å². The van der Waals surface area contributed by atoms with Gasteiger partial charge in [-0.05, 0) is 30.2 Å². The minimum absolute atomic E-state index is 0.171. The monoisotopic (exact) mass is 438 g/mol. The number of nitrogens with zero attached hydrogens (tertiary/aromatic N) is 2. The molecule has 6 nitrogen and oxygen atoms in total. The first-order chi connectivity index (χ1) is 16.0. The van der Waals surface area contributed by atoms with Crippen LogP contribution in [0.5, 0.6) is 0 Å². The second kappa shape index (κ2) is 8.13. The number of fused-ring (bicyclic) bond motifs is 1. The number of likely N-dealkylation sites (tertiary alicyclic amines) is 1. The van der Waals surface area contributed by atoms with Gasteiger partial charge in [-0.3, -0.25) is 29.0 Å². The van der Waals surface area contributed by atoms with Crippen molar-refractivity contribution >= 4 is 23.6 Å². The van der Waals surface area contributed by atoms with Crippen LogP contribution in [0.15, 0.2) is 84.9 Å².